The number of aromatic amines is 1. The molecule has 7 aliphatic heterocycles. The van der Waals surface area contributed by atoms with E-state index in [1.165, 1.54) is 25.8 Å². The highest BCUT2D eigenvalue weighted by Gasteiger charge is 2.61. The van der Waals surface area contributed by atoms with Crippen molar-refractivity contribution in [1.29, 1.82) is 0 Å². The van der Waals surface area contributed by atoms with Crippen molar-refractivity contribution in [3.8, 4) is 28.7 Å². The standard InChI is InChI=1S/C44H46N4O11S/c1-7-55-43(52)59-39-30-23(14-20(2)35(39)53-6)15-27-42(51)48-28-16-54-17-29(50)44(41-25(12-13-45-44)24-10-8-9-11-26(24)46-41)18-60-40(34(48)33(30)47(27)5)32-31(28)38-37(56-19-57-38)21(3)36(32)58-22(4)49/h7-11,14,27-28,33-34,40,42,45-46,51H,1,12-13,15-19H2,2-6H3/t27-,28-,33+,34?,40+,42-,44-/m0/s1. The smallest absolute Gasteiger partial charge is 0.493 e. The molecule has 0 saturated carbocycles. The Morgan fingerprint density at radius 2 is 1.88 bits per heavy atom. The molecule has 15 nitrogen and oxygen atoms in total. The van der Waals surface area contributed by atoms with E-state index in [0.29, 0.717) is 58.2 Å². The SMILES string of the molecule is C=COC(=O)Oc1c(OC)c(C)cc2c1[C@@H]1C3[C@@H]4SC[C@]5(NCCc6c5[nH]c5ccccc65)C(=O)COC[C@@H](c5c6c(c(C)c(OC(C)=O)c54)OCO6)N3[C@@H](O)[C@H](C2)N1C. The monoisotopic (exact) mass is 838 g/mol. The second-order valence-corrected chi connectivity index (χ2v) is 17.4. The molecule has 3 N–H and O–H groups in total. The van der Waals surface area contributed by atoms with E-state index in [1.807, 2.05) is 45.2 Å². The van der Waals surface area contributed by atoms with Crippen LogP contribution < -0.4 is 29.0 Å². The number of aromatic nitrogens is 1. The lowest BCUT2D eigenvalue weighted by molar-refractivity contribution is -0.181. The van der Waals surface area contributed by atoms with E-state index in [2.05, 4.69) is 32.7 Å². The van der Waals surface area contributed by atoms with Gasteiger partial charge in [0.15, 0.2) is 28.8 Å². The Labute approximate surface area is 350 Å². The van der Waals surface area contributed by atoms with Crippen molar-refractivity contribution < 1.29 is 52.6 Å². The first-order valence-corrected chi connectivity index (χ1v) is 21.1. The van der Waals surface area contributed by atoms with Crippen LogP contribution in [-0.2, 0) is 37.4 Å². The Morgan fingerprint density at radius 3 is 2.67 bits per heavy atom. The lowest BCUT2D eigenvalue weighted by Crippen LogP contribution is -2.69. The van der Waals surface area contributed by atoms with Gasteiger partial charge in [0.2, 0.25) is 6.79 Å². The van der Waals surface area contributed by atoms with Crippen LogP contribution in [0.4, 0.5) is 4.79 Å². The van der Waals surface area contributed by atoms with Crippen LogP contribution in [0.5, 0.6) is 28.7 Å². The molecule has 4 aromatic rings. The first-order valence-electron chi connectivity index (χ1n) is 20.1. The normalized spacial score (nSPS) is 27.9. The Kier molecular flexibility index (Phi) is 9.46. The molecule has 11 rings (SSSR count). The molecule has 0 amide bonds. The van der Waals surface area contributed by atoms with Gasteiger partial charge < -0.3 is 43.2 Å². The van der Waals surface area contributed by atoms with Gasteiger partial charge >= 0.3 is 12.1 Å². The fraction of sp³-hybridized carbons (Fsp3) is 0.432. The van der Waals surface area contributed by atoms with Gasteiger partial charge in [0.1, 0.15) is 24.1 Å². The van der Waals surface area contributed by atoms with Gasteiger partial charge in [-0.25, -0.2) is 4.79 Å². The topological polar surface area (TPSA) is 170 Å². The molecule has 8 heterocycles. The van der Waals surface area contributed by atoms with Gasteiger partial charge in [0.25, 0.3) is 0 Å². The summed E-state index contributed by atoms with van der Waals surface area (Å²) in [6, 6.07) is 7.76. The quantitative estimate of drug-likeness (QED) is 0.106. The molecular weight excluding hydrogens is 793 g/mol. The van der Waals surface area contributed by atoms with Crippen LogP contribution in [0.15, 0.2) is 43.2 Å². The number of aliphatic hydroxyl groups is 1. The maximum atomic E-state index is 14.9. The van der Waals surface area contributed by atoms with Crippen molar-refractivity contribution >= 4 is 40.6 Å². The molecule has 314 valence electrons. The predicted molar refractivity (Wildman–Crippen MR) is 219 cm³/mol. The van der Waals surface area contributed by atoms with Crippen molar-refractivity contribution in [1.82, 2.24) is 20.1 Å². The van der Waals surface area contributed by atoms with Gasteiger partial charge in [-0.15, -0.1) is 11.8 Å². The molecule has 1 aromatic heterocycles. The maximum Gasteiger partial charge on any atom is 0.518 e. The number of para-hydroxylation sites is 1. The molecule has 0 aliphatic carbocycles. The third kappa shape index (κ3) is 5.57. The number of methoxy groups -OCH3 is 1. The van der Waals surface area contributed by atoms with E-state index in [0.717, 1.165) is 46.0 Å². The summed E-state index contributed by atoms with van der Waals surface area (Å²) in [6.07, 6.45) is 0.0966. The number of esters is 1. The number of carbonyl (C=O) groups is 3. The van der Waals surface area contributed by atoms with Gasteiger partial charge in [0, 0.05) is 64.1 Å². The predicted octanol–water partition coefficient (Wildman–Crippen LogP) is 5.18. The zero-order valence-electron chi connectivity index (χ0n) is 33.9. The number of nitrogens with one attached hydrogen (secondary N) is 2. The number of piperazine rings is 1. The number of thioether (sulfide) groups is 1. The van der Waals surface area contributed by atoms with Gasteiger partial charge in [-0.05, 0) is 56.5 Å². The lowest BCUT2D eigenvalue weighted by Gasteiger charge is -2.62. The van der Waals surface area contributed by atoms with Crippen LogP contribution in [0.2, 0.25) is 0 Å². The number of fused-ring (bicyclic) bond motifs is 12. The third-order valence-electron chi connectivity index (χ3n) is 13.2. The second-order valence-electron chi connectivity index (χ2n) is 16.2. The minimum Gasteiger partial charge on any atom is -0.493 e. The van der Waals surface area contributed by atoms with E-state index < -0.39 is 53.3 Å². The summed E-state index contributed by atoms with van der Waals surface area (Å²) in [5.41, 5.74) is 5.84. The minimum absolute atomic E-state index is 0.0278. The number of H-pyrrole nitrogens is 1. The van der Waals surface area contributed by atoms with E-state index in [9.17, 15) is 19.5 Å². The van der Waals surface area contributed by atoms with Gasteiger partial charge in [0.05, 0.1) is 43.4 Å². The average molecular weight is 839 g/mol. The van der Waals surface area contributed by atoms with Crippen LogP contribution in [-0.4, -0.2) is 103 Å². The van der Waals surface area contributed by atoms with Crippen molar-refractivity contribution in [3.05, 3.63) is 87.8 Å². The van der Waals surface area contributed by atoms with Crippen LogP contribution in [0, 0.1) is 13.8 Å². The summed E-state index contributed by atoms with van der Waals surface area (Å²) in [5.74, 6) is 1.39. The van der Waals surface area contributed by atoms with Gasteiger partial charge in [-0.1, -0.05) is 30.8 Å². The zero-order chi connectivity index (χ0) is 41.8. The maximum absolute atomic E-state index is 14.9. The number of Topliss-reactive ketones (excluding diaryl/α,β-unsaturated/α-hetero) is 1. The average Bonchev–Trinajstić information content (AvgIpc) is 3.86. The van der Waals surface area contributed by atoms with E-state index in [4.69, 9.17) is 33.2 Å². The summed E-state index contributed by atoms with van der Waals surface area (Å²) < 4.78 is 42.2. The molecular formula is C44H46N4O11S. The largest absolute Gasteiger partial charge is 0.518 e. The number of aryl methyl sites for hydroxylation is 1. The highest BCUT2D eigenvalue weighted by Crippen LogP contribution is 2.64. The molecule has 2 saturated heterocycles. The Bertz CT molecular complexity index is 2510. The highest BCUT2D eigenvalue weighted by atomic mass is 32.2. The van der Waals surface area contributed by atoms with Crippen LogP contribution >= 0.6 is 11.8 Å². The zero-order valence-corrected chi connectivity index (χ0v) is 34.7. The molecule has 1 unspecified atom stereocenters. The van der Waals surface area contributed by atoms with Crippen molar-refractivity contribution in [2.75, 3.05) is 46.5 Å². The number of nitrogens with zero attached hydrogens (tertiary/aromatic N) is 2. The number of aliphatic hydroxyl groups excluding tert-OH is 1. The fourth-order valence-electron chi connectivity index (χ4n) is 10.9. The van der Waals surface area contributed by atoms with Gasteiger partial charge in [-0.2, -0.15) is 0 Å². The summed E-state index contributed by atoms with van der Waals surface area (Å²) in [4.78, 5) is 49.0. The van der Waals surface area contributed by atoms with Crippen LogP contribution in [0.25, 0.3) is 10.9 Å². The summed E-state index contributed by atoms with van der Waals surface area (Å²) in [6.45, 7) is 8.87. The van der Waals surface area contributed by atoms with Gasteiger partial charge in [-0.3, -0.25) is 24.7 Å². The molecule has 2 fully saturated rings. The number of ether oxygens (including phenoxy) is 7. The number of ketones is 1. The number of benzene rings is 3. The number of carbonyl (C=O) groups excluding carboxylic acids is 3. The molecule has 4 bridgehead atoms. The number of likely N-dealkylation sites (N-methyl/N-ethyl adjacent to an activating group) is 1. The molecule has 16 heteroatoms. The van der Waals surface area contributed by atoms with E-state index in [1.54, 1.807) is 0 Å². The number of rotatable bonds is 4. The van der Waals surface area contributed by atoms with Crippen LogP contribution in [0.3, 0.4) is 0 Å². The summed E-state index contributed by atoms with van der Waals surface area (Å²) >= 11 is 1.53. The van der Waals surface area contributed by atoms with Crippen molar-refractivity contribution in [2.24, 2.45) is 0 Å². The van der Waals surface area contributed by atoms with E-state index >= 15 is 0 Å². The molecule has 3 aromatic carbocycles. The van der Waals surface area contributed by atoms with Crippen molar-refractivity contribution in [2.45, 2.75) is 74.8 Å². The molecule has 7 aliphatic rings. The fourth-order valence-corrected chi connectivity index (χ4v) is 12.6. The first kappa shape index (κ1) is 39.1. The summed E-state index contributed by atoms with van der Waals surface area (Å²) in [7, 11) is 3.48. The summed E-state index contributed by atoms with van der Waals surface area (Å²) in [5, 5.41) is 16.9. The van der Waals surface area contributed by atoms with E-state index in [-0.39, 0.29) is 37.3 Å². The number of hydrogen-bond acceptors (Lipinski definition) is 15. The molecule has 0 radical (unpaired) electrons. The second kappa shape index (κ2) is 14.5. The Hall–Kier alpha value is -5.10. The molecule has 7 atom stereocenters. The van der Waals surface area contributed by atoms with Crippen molar-refractivity contribution in [3.63, 3.8) is 0 Å². The molecule has 60 heavy (non-hydrogen) atoms. The molecule has 1 spiro atoms. The number of hydrogen-bond donors (Lipinski definition) is 3. The minimum atomic E-state index is -1.20. The lowest BCUT2D eigenvalue weighted by atomic mass is 9.73. The third-order valence-corrected chi connectivity index (χ3v) is 14.7. The Balaban J connectivity index is 1.25. The Morgan fingerprint density at radius 1 is 1.08 bits per heavy atom. The highest BCUT2D eigenvalue weighted by molar-refractivity contribution is 7.99. The first-order chi connectivity index (χ1) is 29.0. The van der Waals surface area contributed by atoms with Crippen LogP contribution in [0.1, 0.15) is 68.9 Å².